The molecule has 2 N–H and O–H groups in total. The monoisotopic (exact) mass is 301 g/mol. The molecule has 0 unspecified atom stereocenters. The first-order valence-electron chi connectivity index (χ1n) is 8.25. The lowest BCUT2D eigenvalue weighted by molar-refractivity contribution is -0.0232. The van der Waals surface area contributed by atoms with Crippen LogP contribution in [0.5, 0.6) is 0 Å². The quantitative estimate of drug-likeness (QED) is 0.765. The molecule has 5 heteroatoms. The Morgan fingerprint density at radius 1 is 0.800 bits per heavy atom. The molecule has 0 radical (unpaired) electrons. The van der Waals surface area contributed by atoms with Crippen molar-refractivity contribution in [3.63, 3.8) is 0 Å². The lowest BCUT2D eigenvalue weighted by Gasteiger charge is -2.40. The molecule has 0 aromatic carbocycles. The lowest BCUT2D eigenvalue weighted by atomic mass is 9.75. The van der Waals surface area contributed by atoms with Gasteiger partial charge in [-0.1, -0.05) is 38.5 Å². The molecule has 0 aromatic rings. The highest BCUT2D eigenvalue weighted by molar-refractivity contribution is 6.56. The van der Waals surface area contributed by atoms with Gasteiger partial charge >= 0.3 is 8.97 Å². The zero-order valence-corrected chi connectivity index (χ0v) is 14.1. The minimum Gasteiger partial charge on any atom is -0.365 e. The van der Waals surface area contributed by atoms with Gasteiger partial charge in [0.05, 0.1) is 6.10 Å². The van der Waals surface area contributed by atoms with E-state index in [0.29, 0.717) is 11.8 Å². The Morgan fingerprint density at radius 3 is 1.55 bits per heavy atom. The summed E-state index contributed by atoms with van der Waals surface area (Å²) in [4.78, 5) is 0. The van der Waals surface area contributed by atoms with Crippen LogP contribution >= 0.6 is 0 Å². The largest absolute Gasteiger partial charge is 0.593 e. The van der Waals surface area contributed by atoms with Crippen molar-refractivity contribution >= 4 is 8.97 Å². The standard InChI is InChI=1S/C15H31NO3Si/c1-17-20(16,18-2)19-15(13-9-5-3-6-10-13)14-11-7-4-8-12-14/h13-15H,3-12,16H2,1-2H3. The van der Waals surface area contributed by atoms with E-state index >= 15 is 0 Å². The maximum atomic E-state index is 6.29. The highest BCUT2D eigenvalue weighted by Crippen LogP contribution is 2.38. The van der Waals surface area contributed by atoms with Gasteiger partial charge in [-0.15, -0.1) is 0 Å². The second-order valence-electron chi connectivity index (χ2n) is 6.39. The molecule has 0 saturated heterocycles. The van der Waals surface area contributed by atoms with Crippen LogP contribution in [0.15, 0.2) is 0 Å². The lowest BCUT2D eigenvalue weighted by Crippen LogP contribution is -2.58. The van der Waals surface area contributed by atoms with Crippen molar-refractivity contribution in [2.24, 2.45) is 17.2 Å². The Kier molecular flexibility index (Phi) is 6.48. The molecule has 0 aliphatic heterocycles. The average Bonchev–Trinajstić information content (AvgIpc) is 2.54. The second kappa shape index (κ2) is 7.89. The molecular formula is C15H31NO3Si. The van der Waals surface area contributed by atoms with Gasteiger partial charge in [-0.3, -0.25) is 5.40 Å². The Labute approximate surface area is 124 Å². The van der Waals surface area contributed by atoms with Crippen molar-refractivity contribution in [1.29, 1.82) is 0 Å². The van der Waals surface area contributed by atoms with Crippen molar-refractivity contribution in [1.82, 2.24) is 0 Å². The van der Waals surface area contributed by atoms with Crippen molar-refractivity contribution < 1.29 is 13.3 Å². The van der Waals surface area contributed by atoms with Gasteiger partial charge in [0.1, 0.15) is 0 Å². The molecule has 0 aromatic heterocycles. The number of rotatable bonds is 6. The zero-order valence-electron chi connectivity index (χ0n) is 13.1. The van der Waals surface area contributed by atoms with Crippen LogP contribution < -0.4 is 5.40 Å². The summed E-state index contributed by atoms with van der Waals surface area (Å²) in [5.41, 5.74) is 0. The molecule has 2 fully saturated rings. The third-order valence-electron chi connectivity index (χ3n) is 5.10. The van der Waals surface area contributed by atoms with E-state index in [1.165, 1.54) is 64.2 Å². The van der Waals surface area contributed by atoms with Gasteiger partial charge in [0.15, 0.2) is 0 Å². The number of hydrogen-bond donors (Lipinski definition) is 1. The fraction of sp³-hybridized carbons (Fsp3) is 1.00. The molecule has 118 valence electrons. The maximum absolute atomic E-state index is 6.29. The summed E-state index contributed by atoms with van der Waals surface area (Å²) in [6, 6.07) is 0. The first-order valence-corrected chi connectivity index (χ1v) is 10.1. The average molecular weight is 302 g/mol. The Balaban J connectivity index is 2.05. The van der Waals surface area contributed by atoms with Gasteiger partial charge in [-0.2, -0.15) is 0 Å². The van der Waals surface area contributed by atoms with Crippen LogP contribution in [0.3, 0.4) is 0 Å². The number of hydrogen-bond acceptors (Lipinski definition) is 4. The smallest absolute Gasteiger partial charge is 0.365 e. The van der Waals surface area contributed by atoms with E-state index in [1.54, 1.807) is 14.2 Å². The normalized spacial score (nSPS) is 23.4. The van der Waals surface area contributed by atoms with Gasteiger partial charge in [-0.25, -0.2) is 0 Å². The van der Waals surface area contributed by atoms with Gasteiger partial charge in [0.2, 0.25) is 0 Å². The van der Waals surface area contributed by atoms with Gasteiger partial charge < -0.3 is 13.3 Å². The predicted molar refractivity (Wildman–Crippen MR) is 82.0 cm³/mol. The van der Waals surface area contributed by atoms with Crippen LogP contribution in [-0.2, 0) is 13.3 Å². The van der Waals surface area contributed by atoms with E-state index in [2.05, 4.69) is 0 Å². The molecule has 0 heterocycles. The summed E-state index contributed by atoms with van der Waals surface area (Å²) < 4.78 is 17.0. The molecule has 0 spiro atoms. The minimum absolute atomic E-state index is 0.243. The highest BCUT2D eigenvalue weighted by Gasteiger charge is 2.43. The summed E-state index contributed by atoms with van der Waals surface area (Å²) in [6.45, 7) is 0. The number of nitrogens with two attached hydrogens (primary N) is 1. The molecule has 2 rings (SSSR count). The highest BCUT2D eigenvalue weighted by atomic mass is 28.4. The molecule has 2 aliphatic carbocycles. The van der Waals surface area contributed by atoms with Crippen LogP contribution in [0.4, 0.5) is 0 Å². The van der Waals surface area contributed by atoms with E-state index < -0.39 is 8.97 Å². The first-order chi connectivity index (χ1) is 9.68. The summed E-state index contributed by atoms with van der Waals surface area (Å²) in [5.74, 6) is 1.29. The van der Waals surface area contributed by atoms with Crippen LogP contribution in [0.2, 0.25) is 0 Å². The topological polar surface area (TPSA) is 53.7 Å². The van der Waals surface area contributed by atoms with E-state index in [1.807, 2.05) is 0 Å². The van der Waals surface area contributed by atoms with E-state index in [9.17, 15) is 0 Å². The fourth-order valence-electron chi connectivity index (χ4n) is 3.87. The molecule has 0 bridgehead atoms. The summed E-state index contributed by atoms with van der Waals surface area (Å²) in [5, 5.41) is 6.18. The molecule has 0 atom stereocenters. The Morgan fingerprint density at radius 2 is 1.20 bits per heavy atom. The third kappa shape index (κ3) is 4.27. The van der Waals surface area contributed by atoms with Crippen LogP contribution in [0.25, 0.3) is 0 Å². The molecular weight excluding hydrogens is 270 g/mol. The zero-order chi connectivity index (χ0) is 14.4. The Bertz CT molecular complexity index is 256. The molecule has 4 nitrogen and oxygen atoms in total. The van der Waals surface area contributed by atoms with E-state index in [0.717, 1.165) is 0 Å². The predicted octanol–water partition coefficient (Wildman–Crippen LogP) is 3.22. The first kappa shape index (κ1) is 16.4. The third-order valence-corrected chi connectivity index (χ3v) is 6.84. The molecule has 2 aliphatic rings. The van der Waals surface area contributed by atoms with Crippen molar-refractivity contribution in [3.8, 4) is 0 Å². The van der Waals surface area contributed by atoms with Crippen LogP contribution in [-0.4, -0.2) is 29.3 Å². The van der Waals surface area contributed by atoms with Gasteiger partial charge in [0.25, 0.3) is 0 Å². The fourth-order valence-corrected chi connectivity index (χ4v) is 5.00. The molecule has 0 amide bonds. The van der Waals surface area contributed by atoms with Crippen LogP contribution in [0.1, 0.15) is 64.2 Å². The van der Waals surface area contributed by atoms with Gasteiger partial charge in [-0.05, 0) is 37.5 Å². The van der Waals surface area contributed by atoms with Crippen molar-refractivity contribution in [2.45, 2.75) is 70.3 Å². The van der Waals surface area contributed by atoms with Crippen molar-refractivity contribution in [2.75, 3.05) is 14.2 Å². The molecule has 20 heavy (non-hydrogen) atoms. The summed E-state index contributed by atoms with van der Waals surface area (Å²) in [6.07, 6.45) is 13.4. The van der Waals surface area contributed by atoms with E-state index in [4.69, 9.17) is 18.7 Å². The Hall–Kier alpha value is 0.0569. The SMILES string of the molecule is CO[Si](N)(OC)OC(C1CCCCC1)C1CCCCC1. The maximum Gasteiger partial charge on any atom is 0.593 e. The minimum atomic E-state index is -2.93. The second-order valence-corrected chi connectivity index (χ2v) is 8.65. The van der Waals surface area contributed by atoms with Gasteiger partial charge in [0, 0.05) is 14.2 Å². The van der Waals surface area contributed by atoms with Crippen LogP contribution in [0, 0.1) is 11.8 Å². The molecule has 2 saturated carbocycles. The summed E-state index contributed by atoms with van der Waals surface area (Å²) >= 11 is 0. The van der Waals surface area contributed by atoms with E-state index in [-0.39, 0.29) is 6.10 Å². The summed E-state index contributed by atoms with van der Waals surface area (Å²) in [7, 11) is 0.283. The van der Waals surface area contributed by atoms with Crippen molar-refractivity contribution in [3.05, 3.63) is 0 Å².